The molecular weight excluding hydrogens is 246 g/mol. The lowest BCUT2D eigenvalue weighted by atomic mass is 9.91. The molecule has 0 radical (unpaired) electrons. The highest BCUT2D eigenvalue weighted by molar-refractivity contribution is 7.91. The minimum absolute atomic E-state index is 0.133. The third kappa shape index (κ3) is 3.82. The van der Waals surface area contributed by atoms with Gasteiger partial charge in [0.2, 0.25) is 0 Å². The van der Waals surface area contributed by atoms with Gasteiger partial charge in [0.25, 0.3) is 0 Å². The molecule has 0 aliphatic rings. The lowest BCUT2D eigenvalue weighted by Gasteiger charge is -2.22. The van der Waals surface area contributed by atoms with Crippen LogP contribution in [0.3, 0.4) is 0 Å². The first kappa shape index (κ1) is 15.2. The minimum atomic E-state index is -3.21. The molecule has 18 heavy (non-hydrogen) atoms. The van der Waals surface area contributed by atoms with Crippen LogP contribution >= 0.6 is 0 Å². The van der Waals surface area contributed by atoms with Crippen LogP contribution < -0.4 is 5.73 Å². The molecule has 0 heterocycles. The second kappa shape index (κ2) is 5.41. The van der Waals surface area contributed by atoms with Crippen molar-refractivity contribution < 1.29 is 8.42 Å². The van der Waals surface area contributed by atoms with Crippen LogP contribution in [-0.4, -0.2) is 20.7 Å². The minimum Gasteiger partial charge on any atom is -0.330 e. The summed E-state index contributed by atoms with van der Waals surface area (Å²) in [5.74, 6) is 0.154. The average Bonchev–Trinajstić information content (AvgIpc) is 2.26. The zero-order valence-corrected chi connectivity index (χ0v) is 12.5. The van der Waals surface area contributed by atoms with Crippen molar-refractivity contribution in [1.82, 2.24) is 0 Å². The van der Waals surface area contributed by atoms with Gasteiger partial charge >= 0.3 is 0 Å². The van der Waals surface area contributed by atoms with E-state index in [1.807, 2.05) is 39.8 Å². The van der Waals surface area contributed by atoms with E-state index in [-0.39, 0.29) is 11.2 Å². The summed E-state index contributed by atoms with van der Waals surface area (Å²) in [6, 6.07) is 5.45. The molecule has 3 nitrogen and oxygen atoms in total. The molecule has 1 rings (SSSR count). The second-order valence-corrected chi connectivity index (χ2v) is 7.78. The molecule has 0 aliphatic carbocycles. The summed E-state index contributed by atoms with van der Waals surface area (Å²) >= 11 is 0. The first-order valence-corrected chi connectivity index (χ1v) is 7.83. The molecule has 0 saturated carbocycles. The SMILES string of the molecule is Cc1ccc(S(=O)(=O)CCC(C)(C)CN)c(C)c1. The van der Waals surface area contributed by atoms with E-state index in [4.69, 9.17) is 5.73 Å². The van der Waals surface area contributed by atoms with Crippen LogP contribution in [0.1, 0.15) is 31.4 Å². The maximum atomic E-state index is 12.3. The summed E-state index contributed by atoms with van der Waals surface area (Å²) in [4.78, 5) is 0.445. The van der Waals surface area contributed by atoms with Crippen LogP contribution in [0.4, 0.5) is 0 Å². The molecule has 0 atom stereocenters. The largest absolute Gasteiger partial charge is 0.330 e. The molecule has 2 N–H and O–H groups in total. The Bertz CT molecular complexity index is 519. The van der Waals surface area contributed by atoms with Crippen LogP contribution in [0.15, 0.2) is 23.1 Å². The molecule has 0 fully saturated rings. The van der Waals surface area contributed by atoms with E-state index in [1.54, 1.807) is 6.07 Å². The first-order chi connectivity index (χ1) is 8.18. The zero-order valence-electron chi connectivity index (χ0n) is 11.7. The van der Waals surface area contributed by atoms with Gasteiger partial charge in [-0.15, -0.1) is 0 Å². The van der Waals surface area contributed by atoms with E-state index in [9.17, 15) is 8.42 Å². The molecule has 4 heteroatoms. The van der Waals surface area contributed by atoms with Crippen molar-refractivity contribution in [1.29, 1.82) is 0 Å². The van der Waals surface area contributed by atoms with Gasteiger partial charge in [0.15, 0.2) is 9.84 Å². The highest BCUT2D eigenvalue weighted by atomic mass is 32.2. The average molecular weight is 269 g/mol. The number of hydrogen-bond donors (Lipinski definition) is 1. The Balaban J connectivity index is 2.94. The summed E-state index contributed by atoms with van der Waals surface area (Å²) in [6.45, 7) is 8.28. The predicted molar refractivity (Wildman–Crippen MR) is 75.4 cm³/mol. The lowest BCUT2D eigenvalue weighted by Crippen LogP contribution is -2.26. The van der Waals surface area contributed by atoms with Crippen molar-refractivity contribution in [3.8, 4) is 0 Å². The van der Waals surface area contributed by atoms with Gasteiger partial charge in [-0.2, -0.15) is 0 Å². The Kier molecular flexibility index (Phi) is 4.56. The molecule has 0 saturated heterocycles. The second-order valence-electron chi connectivity index (χ2n) is 5.71. The van der Waals surface area contributed by atoms with Crippen molar-refractivity contribution in [2.45, 2.75) is 39.0 Å². The number of sulfone groups is 1. The van der Waals surface area contributed by atoms with Crippen molar-refractivity contribution >= 4 is 9.84 Å². The van der Waals surface area contributed by atoms with Crippen LogP contribution in [-0.2, 0) is 9.84 Å². The quantitative estimate of drug-likeness (QED) is 0.893. The van der Waals surface area contributed by atoms with Crippen LogP contribution in [0.25, 0.3) is 0 Å². The molecule has 0 spiro atoms. The summed E-state index contributed by atoms with van der Waals surface area (Å²) < 4.78 is 24.6. The highest BCUT2D eigenvalue weighted by Crippen LogP contribution is 2.24. The topological polar surface area (TPSA) is 60.2 Å². The van der Waals surface area contributed by atoms with E-state index in [2.05, 4.69) is 0 Å². The van der Waals surface area contributed by atoms with E-state index < -0.39 is 9.84 Å². The number of benzene rings is 1. The molecule has 0 aliphatic heterocycles. The molecule has 0 aromatic heterocycles. The van der Waals surface area contributed by atoms with Gasteiger partial charge in [0, 0.05) is 0 Å². The fourth-order valence-corrected chi connectivity index (χ4v) is 3.64. The normalized spacial score (nSPS) is 12.7. The Morgan fingerprint density at radius 2 is 1.83 bits per heavy atom. The van der Waals surface area contributed by atoms with E-state index in [1.165, 1.54) is 0 Å². The van der Waals surface area contributed by atoms with Crippen LogP contribution in [0, 0.1) is 19.3 Å². The maximum Gasteiger partial charge on any atom is 0.178 e. The van der Waals surface area contributed by atoms with Crippen molar-refractivity contribution in [2.24, 2.45) is 11.1 Å². The van der Waals surface area contributed by atoms with Crippen LogP contribution in [0.2, 0.25) is 0 Å². The summed E-state index contributed by atoms with van der Waals surface area (Å²) in [5.41, 5.74) is 7.39. The van der Waals surface area contributed by atoms with Crippen molar-refractivity contribution in [2.75, 3.05) is 12.3 Å². The van der Waals surface area contributed by atoms with Gasteiger partial charge < -0.3 is 5.73 Å². The fraction of sp³-hybridized carbons (Fsp3) is 0.571. The molecular formula is C14H23NO2S. The van der Waals surface area contributed by atoms with Crippen LogP contribution in [0.5, 0.6) is 0 Å². The van der Waals surface area contributed by atoms with Crippen molar-refractivity contribution in [3.05, 3.63) is 29.3 Å². The molecule has 0 unspecified atom stereocenters. The summed E-state index contributed by atoms with van der Waals surface area (Å²) in [6.07, 6.45) is 0.582. The monoisotopic (exact) mass is 269 g/mol. The van der Waals surface area contributed by atoms with E-state index in [0.717, 1.165) is 11.1 Å². The lowest BCUT2D eigenvalue weighted by molar-refractivity contribution is 0.365. The molecule has 1 aromatic carbocycles. The number of rotatable bonds is 5. The molecule has 102 valence electrons. The summed E-state index contributed by atoms with van der Waals surface area (Å²) in [7, 11) is -3.21. The standard InChI is InChI=1S/C14H23NO2S/c1-11-5-6-13(12(2)9-11)18(16,17)8-7-14(3,4)10-15/h5-6,9H,7-8,10,15H2,1-4H3. The van der Waals surface area contributed by atoms with Gasteiger partial charge in [-0.3, -0.25) is 0 Å². The Hall–Kier alpha value is -0.870. The van der Waals surface area contributed by atoms with Gasteiger partial charge in [-0.25, -0.2) is 8.42 Å². The third-order valence-corrected chi connectivity index (χ3v) is 5.14. The van der Waals surface area contributed by atoms with E-state index >= 15 is 0 Å². The zero-order chi connectivity index (χ0) is 14.0. The molecule has 0 amide bonds. The number of aryl methyl sites for hydroxylation is 2. The smallest absolute Gasteiger partial charge is 0.178 e. The fourth-order valence-electron chi connectivity index (χ4n) is 1.77. The maximum absolute atomic E-state index is 12.3. The third-order valence-electron chi connectivity index (χ3n) is 3.27. The van der Waals surface area contributed by atoms with Crippen molar-refractivity contribution in [3.63, 3.8) is 0 Å². The van der Waals surface area contributed by atoms with Gasteiger partial charge in [-0.05, 0) is 43.9 Å². The molecule has 1 aromatic rings. The number of hydrogen-bond acceptors (Lipinski definition) is 3. The molecule has 0 bridgehead atoms. The Labute approximate surface area is 110 Å². The summed E-state index contributed by atoms with van der Waals surface area (Å²) in [5, 5.41) is 0. The Morgan fingerprint density at radius 3 is 2.33 bits per heavy atom. The van der Waals surface area contributed by atoms with E-state index in [0.29, 0.717) is 17.9 Å². The van der Waals surface area contributed by atoms with Gasteiger partial charge in [0.1, 0.15) is 0 Å². The predicted octanol–water partition coefficient (Wildman–Crippen LogP) is 2.45. The van der Waals surface area contributed by atoms with Gasteiger partial charge in [-0.1, -0.05) is 31.5 Å². The Morgan fingerprint density at radius 1 is 1.22 bits per heavy atom. The first-order valence-electron chi connectivity index (χ1n) is 6.18. The highest BCUT2D eigenvalue weighted by Gasteiger charge is 2.22. The number of nitrogens with two attached hydrogens (primary N) is 1. The van der Waals surface area contributed by atoms with Gasteiger partial charge in [0.05, 0.1) is 10.6 Å².